The minimum absolute atomic E-state index is 0.270. The number of nitrogens with one attached hydrogen (secondary N) is 1. The van der Waals surface area contributed by atoms with Crippen LogP contribution in [-0.4, -0.2) is 34.3 Å². The Hall–Kier alpha value is -1.10. The number of hydrogen-bond acceptors (Lipinski definition) is 4. The molecule has 0 bridgehead atoms. The Morgan fingerprint density at radius 3 is 3.20 bits per heavy atom. The molecule has 1 unspecified atom stereocenters. The fraction of sp³-hybridized carbons (Fsp3) is 0.800. The Morgan fingerprint density at radius 2 is 2.47 bits per heavy atom. The van der Waals surface area contributed by atoms with Crippen LogP contribution in [0.25, 0.3) is 0 Å². The van der Waals surface area contributed by atoms with Crippen LogP contribution in [0.2, 0.25) is 0 Å². The maximum absolute atomic E-state index is 5.92. The smallest absolute Gasteiger partial charge is 0.244 e. The van der Waals surface area contributed by atoms with Crippen molar-refractivity contribution in [2.75, 3.05) is 18.0 Å². The van der Waals surface area contributed by atoms with Gasteiger partial charge in [0.15, 0.2) is 0 Å². The topological polar surface area (TPSA) is 70.8 Å². The lowest BCUT2D eigenvalue weighted by Crippen LogP contribution is -2.43. The average molecular weight is 209 g/mol. The van der Waals surface area contributed by atoms with Crippen LogP contribution in [0.15, 0.2) is 0 Å². The zero-order valence-corrected chi connectivity index (χ0v) is 9.24. The molecule has 0 radical (unpaired) electrons. The summed E-state index contributed by atoms with van der Waals surface area (Å²) in [6, 6.07) is 0.270. The van der Waals surface area contributed by atoms with Gasteiger partial charge in [-0.15, -0.1) is 5.10 Å². The van der Waals surface area contributed by atoms with Crippen molar-refractivity contribution in [3.05, 3.63) is 5.82 Å². The molecule has 0 aliphatic carbocycles. The molecular weight excluding hydrogens is 190 g/mol. The van der Waals surface area contributed by atoms with Crippen molar-refractivity contribution in [3.8, 4) is 0 Å². The van der Waals surface area contributed by atoms with Gasteiger partial charge < -0.3 is 10.6 Å². The van der Waals surface area contributed by atoms with E-state index >= 15 is 0 Å². The predicted octanol–water partition coefficient (Wildman–Crippen LogP) is 0.685. The number of nitrogens with two attached hydrogens (primary N) is 1. The number of H-pyrrole nitrogens is 1. The molecule has 0 saturated carbocycles. The zero-order chi connectivity index (χ0) is 10.7. The summed E-state index contributed by atoms with van der Waals surface area (Å²) in [6.07, 6.45) is 4.31. The second kappa shape index (κ2) is 4.61. The molecule has 1 aliphatic heterocycles. The van der Waals surface area contributed by atoms with Crippen molar-refractivity contribution >= 4 is 5.95 Å². The number of aromatic nitrogens is 3. The summed E-state index contributed by atoms with van der Waals surface area (Å²) < 4.78 is 0. The van der Waals surface area contributed by atoms with Crippen molar-refractivity contribution in [1.82, 2.24) is 15.2 Å². The molecule has 1 atom stereocenters. The highest BCUT2D eigenvalue weighted by Crippen LogP contribution is 2.14. The van der Waals surface area contributed by atoms with Crippen LogP contribution in [0.1, 0.15) is 32.0 Å². The van der Waals surface area contributed by atoms with E-state index in [1.807, 2.05) is 0 Å². The highest BCUT2D eigenvalue weighted by molar-refractivity contribution is 5.29. The lowest BCUT2D eigenvalue weighted by atomic mass is 10.1. The van der Waals surface area contributed by atoms with E-state index in [0.717, 1.165) is 50.5 Å². The van der Waals surface area contributed by atoms with Crippen molar-refractivity contribution in [2.45, 2.75) is 38.6 Å². The van der Waals surface area contributed by atoms with E-state index in [1.165, 1.54) is 0 Å². The van der Waals surface area contributed by atoms with E-state index < -0.39 is 0 Å². The van der Waals surface area contributed by atoms with Gasteiger partial charge in [0.25, 0.3) is 0 Å². The summed E-state index contributed by atoms with van der Waals surface area (Å²) in [6.45, 7) is 4.04. The Labute approximate surface area is 90.1 Å². The number of rotatable bonds is 3. The van der Waals surface area contributed by atoms with Gasteiger partial charge in [0.05, 0.1) is 0 Å². The molecule has 1 aliphatic rings. The van der Waals surface area contributed by atoms with Gasteiger partial charge in [-0.1, -0.05) is 6.92 Å². The number of aromatic amines is 1. The summed E-state index contributed by atoms with van der Waals surface area (Å²) in [5.74, 6) is 1.79. The third-order valence-electron chi connectivity index (χ3n) is 2.75. The quantitative estimate of drug-likeness (QED) is 0.768. The molecule has 0 amide bonds. The first kappa shape index (κ1) is 10.4. The lowest BCUT2D eigenvalue weighted by Gasteiger charge is -2.29. The fourth-order valence-corrected chi connectivity index (χ4v) is 1.97. The van der Waals surface area contributed by atoms with Crippen molar-refractivity contribution in [3.63, 3.8) is 0 Å². The maximum Gasteiger partial charge on any atom is 0.244 e. The summed E-state index contributed by atoms with van der Waals surface area (Å²) in [5.41, 5.74) is 5.92. The molecule has 5 nitrogen and oxygen atoms in total. The largest absolute Gasteiger partial charge is 0.338 e. The number of hydrogen-bond donors (Lipinski definition) is 2. The van der Waals surface area contributed by atoms with E-state index in [9.17, 15) is 0 Å². The van der Waals surface area contributed by atoms with E-state index in [0.29, 0.717) is 0 Å². The van der Waals surface area contributed by atoms with Crippen LogP contribution < -0.4 is 10.6 Å². The van der Waals surface area contributed by atoms with Gasteiger partial charge in [0.2, 0.25) is 5.95 Å². The molecule has 0 aromatic carbocycles. The second-order valence-corrected chi connectivity index (χ2v) is 4.18. The average Bonchev–Trinajstić information content (AvgIpc) is 2.67. The van der Waals surface area contributed by atoms with E-state index in [2.05, 4.69) is 27.0 Å². The van der Waals surface area contributed by atoms with Gasteiger partial charge >= 0.3 is 0 Å². The molecule has 15 heavy (non-hydrogen) atoms. The molecule has 2 heterocycles. The SMILES string of the molecule is CCCc1nc(N2CCCC(N)C2)n[nH]1. The van der Waals surface area contributed by atoms with Crippen molar-refractivity contribution < 1.29 is 0 Å². The third-order valence-corrected chi connectivity index (χ3v) is 2.75. The van der Waals surface area contributed by atoms with Gasteiger partial charge in [-0.2, -0.15) is 4.98 Å². The molecule has 1 aromatic heterocycles. The first-order chi connectivity index (χ1) is 7.29. The third kappa shape index (κ3) is 2.47. The van der Waals surface area contributed by atoms with Gasteiger partial charge in [-0.3, -0.25) is 5.10 Å². The van der Waals surface area contributed by atoms with Crippen LogP contribution in [0.4, 0.5) is 5.95 Å². The molecule has 1 saturated heterocycles. The summed E-state index contributed by atoms with van der Waals surface area (Å²) in [7, 11) is 0. The van der Waals surface area contributed by atoms with Crippen LogP contribution >= 0.6 is 0 Å². The maximum atomic E-state index is 5.92. The van der Waals surface area contributed by atoms with Gasteiger partial charge in [-0.25, -0.2) is 0 Å². The van der Waals surface area contributed by atoms with E-state index in [4.69, 9.17) is 5.73 Å². The second-order valence-electron chi connectivity index (χ2n) is 4.18. The highest BCUT2D eigenvalue weighted by Gasteiger charge is 2.19. The Kier molecular flexibility index (Phi) is 3.20. The Balaban J connectivity index is 2.01. The van der Waals surface area contributed by atoms with Crippen LogP contribution in [0.5, 0.6) is 0 Å². The van der Waals surface area contributed by atoms with E-state index in [-0.39, 0.29) is 6.04 Å². The van der Waals surface area contributed by atoms with Gasteiger partial charge in [-0.05, 0) is 19.3 Å². The van der Waals surface area contributed by atoms with Gasteiger partial charge in [0, 0.05) is 25.6 Å². The molecule has 0 spiro atoms. The number of anilines is 1. The Morgan fingerprint density at radius 1 is 1.60 bits per heavy atom. The number of aryl methyl sites for hydroxylation is 1. The standard InChI is InChI=1S/C10H19N5/c1-2-4-9-12-10(14-13-9)15-6-3-5-8(11)7-15/h8H,2-7,11H2,1H3,(H,12,13,14). The van der Waals surface area contributed by atoms with Crippen LogP contribution in [-0.2, 0) is 6.42 Å². The molecule has 2 rings (SSSR count). The summed E-state index contributed by atoms with van der Waals surface area (Å²) in [4.78, 5) is 6.63. The van der Waals surface area contributed by atoms with Gasteiger partial charge in [0.1, 0.15) is 5.82 Å². The molecule has 5 heteroatoms. The predicted molar refractivity (Wildman–Crippen MR) is 59.8 cm³/mol. The first-order valence-corrected chi connectivity index (χ1v) is 5.71. The molecule has 1 fully saturated rings. The molecule has 1 aromatic rings. The monoisotopic (exact) mass is 209 g/mol. The summed E-state index contributed by atoms with van der Waals surface area (Å²) in [5, 5.41) is 7.20. The minimum Gasteiger partial charge on any atom is -0.338 e. The highest BCUT2D eigenvalue weighted by atomic mass is 15.4. The normalized spacial score (nSPS) is 22.0. The first-order valence-electron chi connectivity index (χ1n) is 5.71. The van der Waals surface area contributed by atoms with Crippen LogP contribution in [0.3, 0.4) is 0 Å². The fourth-order valence-electron chi connectivity index (χ4n) is 1.97. The molecular formula is C10H19N5. The number of nitrogens with zero attached hydrogens (tertiary/aromatic N) is 3. The van der Waals surface area contributed by atoms with E-state index in [1.54, 1.807) is 0 Å². The molecule has 3 N–H and O–H groups in total. The zero-order valence-electron chi connectivity index (χ0n) is 9.24. The van der Waals surface area contributed by atoms with Crippen molar-refractivity contribution in [2.24, 2.45) is 5.73 Å². The van der Waals surface area contributed by atoms with Crippen LogP contribution in [0, 0.1) is 0 Å². The lowest BCUT2D eigenvalue weighted by molar-refractivity contribution is 0.500. The number of piperidine rings is 1. The Bertz CT molecular complexity index is 309. The minimum atomic E-state index is 0.270. The van der Waals surface area contributed by atoms with Crippen molar-refractivity contribution in [1.29, 1.82) is 0 Å². The molecule has 84 valence electrons. The summed E-state index contributed by atoms with van der Waals surface area (Å²) >= 11 is 0.